The molecule has 13 rings (SSSR count). The summed E-state index contributed by atoms with van der Waals surface area (Å²) in [6.45, 7) is 0. The Hall–Kier alpha value is -8.19. The van der Waals surface area contributed by atoms with Crippen molar-refractivity contribution in [3.63, 3.8) is 0 Å². The van der Waals surface area contributed by atoms with E-state index in [0.717, 1.165) is 65.3 Å². The monoisotopic (exact) mass is 821 g/mol. The summed E-state index contributed by atoms with van der Waals surface area (Å²) in [6, 6.07) is 75.6. The minimum Gasteiger partial charge on any atom is -0.307 e. The van der Waals surface area contributed by atoms with Gasteiger partial charge in [0.1, 0.15) is 0 Å². The van der Waals surface area contributed by atoms with Crippen LogP contribution in [-0.4, -0.2) is 24.1 Å². The van der Waals surface area contributed by atoms with Crippen molar-refractivity contribution in [2.75, 3.05) is 0 Å². The van der Waals surface area contributed by atoms with Crippen LogP contribution in [0, 0.1) is 0 Å². The highest BCUT2D eigenvalue weighted by molar-refractivity contribution is 7.26. The van der Waals surface area contributed by atoms with Gasteiger partial charge in [0.2, 0.25) is 5.95 Å². The lowest BCUT2D eigenvalue weighted by atomic mass is 9.99. The fourth-order valence-electron chi connectivity index (χ4n) is 9.51. The van der Waals surface area contributed by atoms with Gasteiger partial charge in [-0.2, -0.15) is 9.97 Å². The van der Waals surface area contributed by atoms with Crippen molar-refractivity contribution in [1.29, 1.82) is 0 Å². The van der Waals surface area contributed by atoms with Gasteiger partial charge in [-0.05, 0) is 64.7 Å². The summed E-state index contributed by atoms with van der Waals surface area (Å²) in [6.07, 6.45) is 0. The van der Waals surface area contributed by atoms with Gasteiger partial charge < -0.3 is 4.57 Å². The summed E-state index contributed by atoms with van der Waals surface area (Å²) in [7, 11) is 0. The van der Waals surface area contributed by atoms with Crippen molar-refractivity contribution >= 4 is 75.1 Å². The van der Waals surface area contributed by atoms with Gasteiger partial charge in [0.25, 0.3) is 0 Å². The molecule has 0 saturated carbocycles. The molecule has 4 aromatic heterocycles. The molecule has 0 unspecified atom stereocenters. The molecule has 4 heterocycles. The van der Waals surface area contributed by atoms with Crippen LogP contribution in [0.25, 0.3) is 120 Å². The Balaban J connectivity index is 1.08. The summed E-state index contributed by atoms with van der Waals surface area (Å²) in [5, 5.41) is 7.05. The van der Waals surface area contributed by atoms with Crippen LogP contribution in [0.15, 0.2) is 212 Å². The van der Waals surface area contributed by atoms with Crippen molar-refractivity contribution < 1.29 is 0 Å². The normalized spacial score (nSPS) is 11.8. The zero-order chi connectivity index (χ0) is 41.4. The molecule has 0 N–H and O–H groups in total. The van der Waals surface area contributed by atoms with Crippen molar-refractivity contribution in [3.05, 3.63) is 212 Å². The Morgan fingerprint density at radius 1 is 0.333 bits per heavy atom. The Labute approximate surface area is 366 Å². The molecule has 0 amide bonds. The number of fused-ring (bicyclic) bond motifs is 10. The molecule has 0 fully saturated rings. The summed E-state index contributed by atoms with van der Waals surface area (Å²) in [4.78, 5) is 16.1. The maximum Gasteiger partial charge on any atom is 0.238 e. The molecule has 0 spiro atoms. The lowest BCUT2D eigenvalue weighted by Crippen LogP contribution is -2.07. The Bertz CT molecular complexity index is 3900. The van der Waals surface area contributed by atoms with Gasteiger partial charge in [-0.3, -0.25) is 4.57 Å². The van der Waals surface area contributed by atoms with Gasteiger partial charge in [-0.15, -0.1) is 11.3 Å². The lowest BCUT2D eigenvalue weighted by molar-refractivity contribution is 0.954. The minimum atomic E-state index is 0.570. The molecule has 9 aromatic carbocycles. The minimum absolute atomic E-state index is 0.570. The molecule has 0 saturated heterocycles. The van der Waals surface area contributed by atoms with E-state index in [1.165, 1.54) is 37.5 Å². The molecule has 63 heavy (non-hydrogen) atoms. The third-order valence-corrected chi connectivity index (χ3v) is 13.6. The van der Waals surface area contributed by atoms with E-state index >= 15 is 0 Å². The second kappa shape index (κ2) is 14.2. The number of rotatable bonds is 6. The summed E-state index contributed by atoms with van der Waals surface area (Å²) in [5.41, 5.74) is 12.0. The van der Waals surface area contributed by atoms with E-state index in [2.05, 4.69) is 203 Å². The quantitative estimate of drug-likeness (QED) is 0.168. The fourth-order valence-corrected chi connectivity index (χ4v) is 10.7. The van der Waals surface area contributed by atoms with Crippen molar-refractivity contribution in [1.82, 2.24) is 24.1 Å². The van der Waals surface area contributed by atoms with E-state index in [0.29, 0.717) is 17.6 Å². The first-order valence-electron chi connectivity index (χ1n) is 21.2. The van der Waals surface area contributed by atoms with Crippen molar-refractivity contribution in [2.24, 2.45) is 0 Å². The molecule has 0 aliphatic rings. The molecule has 0 aliphatic heterocycles. The van der Waals surface area contributed by atoms with Crippen LogP contribution >= 0.6 is 11.3 Å². The first-order valence-corrected chi connectivity index (χ1v) is 22.0. The molecule has 6 heteroatoms. The molecule has 0 radical (unpaired) electrons. The number of nitrogens with zero attached hydrogens (tertiary/aromatic N) is 5. The molecule has 5 nitrogen and oxygen atoms in total. The van der Waals surface area contributed by atoms with E-state index in [-0.39, 0.29) is 0 Å². The average Bonchev–Trinajstić information content (AvgIpc) is 4.03. The predicted molar refractivity (Wildman–Crippen MR) is 263 cm³/mol. The van der Waals surface area contributed by atoms with Crippen LogP contribution in [0.5, 0.6) is 0 Å². The van der Waals surface area contributed by atoms with E-state index in [1.807, 2.05) is 18.2 Å². The number of para-hydroxylation sites is 2. The SMILES string of the molecule is c1ccc(-c2cccc(-c3ccc(-n4c5ccccc5c5ccc6c7ccccc7n(-c7nc(-c8ccccc8)nc(-c8cccc9c8sc8ccccc89)n7)c6c54)cc3)c2)cc1. The van der Waals surface area contributed by atoms with Crippen LogP contribution in [0.1, 0.15) is 0 Å². The molecular formula is C57H35N5S. The second-order valence-electron chi connectivity index (χ2n) is 16.0. The van der Waals surface area contributed by atoms with Crippen LogP contribution in [-0.2, 0) is 0 Å². The number of hydrogen-bond acceptors (Lipinski definition) is 4. The fraction of sp³-hybridized carbons (Fsp3) is 0. The molecule has 0 aliphatic carbocycles. The first-order chi connectivity index (χ1) is 31.2. The van der Waals surface area contributed by atoms with Gasteiger partial charge in [-0.1, -0.05) is 170 Å². The molecular weight excluding hydrogens is 787 g/mol. The summed E-state index contributed by atoms with van der Waals surface area (Å²) >= 11 is 1.79. The third-order valence-electron chi connectivity index (χ3n) is 12.4. The maximum atomic E-state index is 5.47. The number of thiophene rings is 1. The van der Waals surface area contributed by atoms with E-state index in [4.69, 9.17) is 15.0 Å². The zero-order valence-corrected chi connectivity index (χ0v) is 34.7. The van der Waals surface area contributed by atoms with Crippen LogP contribution in [0.2, 0.25) is 0 Å². The van der Waals surface area contributed by atoms with Gasteiger partial charge in [0, 0.05) is 58.5 Å². The number of hydrogen-bond donors (Lipinski definition) is 0. The topological polar surface area (TPSA) is 48.5 Å². The molecule has 0 bridgehead atoms. The molecule has 294 valence electrons. The van der Waals surface area contributed by atoms with Gasteiger partial charge in [0.05, 0.1) is 22.1 Å². The van der Waals surface area contributed by atoms with E-state index < -0.39 is 0 Å². The van der Waals surface area contributed by atoms with E-state index in [9.17, 15) is 0 Å². The second-order valence-corrected chi connectivity index (χ2v) is 17.0. The Kier molecular flexibility index (Phi) is 8.01. The number of aromatic nitrogens is 5. The van der Waals surface area contributed by atoms with Gasteiger partial charge in [-0.25, -0.2) is 4.98 Å². The van der Waals surface area contributed by atoms with E-state index in [1.54, 1.807) is 11.3 Å². The van der Waals surface area contributed by atoms with Gasteiger partial charge >= 0.3 is 0 Å². The average molecular weight is 822 g/mol. The highest BCUT2D eigenvalue weighted by atomic mass is 32.1. The zero-order valence-electron chi connectivity index (χ0n) is 33.9. The highest BCUT2D eigenvalue weighted by Crippen LogP contribution is 2.43. The third kappa shape index (κ3) is 5.66. The number of benzene rings is 9. The summed E-state index contributed by atoms with van der Waals surface area (Å²) < 4.78 is 7.10. The Morgan fingerprint density at radius 2 is 0.857 bits per heavy atom. The highest BCUT2D eigenvalue weighted by Gasteiger charge is 2.24. The van der Waals surface area contributed by atoms with Crippen molar-refractivity contribution in [2.45, 2.75) is 0 Å². The maximum absolute atomic E-state index is 5.47. The van der Waals surface area contributed by atoms with Crippen LogP contribution in [0.3, 0.4) is 0 Å². The smallest absolute Gasteiger partial charge is 0.238 e. The van der Waals surface area contributed by atoms with Crippen LogP contribution < -0.4 is 0 Å². The summed E-state index contributed by atoms with van der Waals surface area (Å²) in [5.74, 6) is 1.84. The lowest BCUT2D eigenvalue weighted by Gasteiger charge is -2.14. The van der Waals surface area contributed by atoms with Crippen molar-refractivity contribution in [3.8, 4) is 56.7 Å². The van der Waals surface area contributed by atoms with Crippen LogP contribution in [0.4, 0.5) is 0 Å². The van der Waals surface area contributed by atoms with Gasteiger partial charge in [0.15, 0.2) is 11.6 Å². The largest absolute Gasteiger partial charge is 0.307 e. The standard InChI is InChI=1S/C57H35N5S/c1-3-15-36(16-4-1)39-19-13-20-40(35-39)37-29-31-41(32-30-37)61-49-26-10-7-21-42(49)45-33-34-46-43-22-8-11-27-50(43)62(53(46)52(45)61)57-59-55(38-17-5-2-6-18-38)58-56(60-57)48-25-14-24-47-44-23-9-12-28-51(44)63-54(47)48/h1-35H. The molecule has 13 aromatic rings. The molecule has 0 atom stereocenters. The predicted octanol–water partition coefficient (Wildman–Crippen LogP) is 15.1. The first kappa shape index (κ1) is 35.6. The Morgan fingerprint density at radius 3 is 1.57 bits per heavy atom.